The van der Waals surface area contributed by atoms with Crippen molar-refractivity contribution < 1.29 is 4.74 Å². The maximum Gasteiger partial charge on any atom is 0.160 e. The highest BCUT2D eigenvalue weighted by Crippen LogP contribution is 2.28. The monoisotopic (exact) mass is 180 g/mol. The average molecular weight is 180 g/mol. The number of hydrogen-bond acceptors (Lipinski definition) is 2. The van der Waals surface area contributed by atoms with Gasteiger partial charge in [0.1, 0.15) is 0 Å². The molecule has 3 nitrogen and oxygen atoms in total. The smallest absolute Gasteiger partial charge is 0.160 e. The van der Waals surface area contributed by atoms with E-state index >= 15 is 0 Å². The van der Waals surface area contributed by atoms with Gasteiger partial charge in [-0.3, -0.25) is 4.68 Å². The van der Waals surface area contributed by atoms with Crippen LogP contribution in [0.5, 0.6) is 5.75 Å². The minimum absolute atomic E-state index is 0.0638. The first-order valence-electron chi connectivity index (χ1n) is 4.79. The lowest BCUT2D eigenvalue weighted by molar-refractivity contribution is 0.271. The van der Waals surface area contributed by atoms with Gasteiger partial charge in [0.2, 0.25) is 0 Å². The van der Waals surface area contributed by atoms with Crippen molar-refractivity contribution in [3.05, 3.63) is 11.9 Å². The Hall–Kier alpha value is -0.990. The Morgan fingerprint density at radius 2 is 2.23 bits per heavy atom. The van der Waals surface area contributed by atoms with Crippen LogP contribution in [0.1, 0.15) is 32.9 Å². The molecule has 0 amide bonds. The fraction of sp³-hybridized carbons (Fsp3) is 0.700. The van der Waals surface area contributed by atoms with Crippen molar-refractivity contribution in [2.24, 2.45) is 0 Å². The van der Waals surface area contributed by atoms with Crippen LogP contribution in [0.15, 0.2) is 6.20 Å². The van der Waals surface area contributed by atoms with Crippen molar-refractivity contribution in [3.8, 4) is 5.75 Å². The van der Waals surface area contributed by atoms with Crippen molar-refractivity contribution in [1.29, 1.82) is 0 Å². The van der Waals surface area contributed by atoms with Crippen molar-refractivity contribution in [2.75, 3.05) is 6.61 Å². The minimum atomic E-state index is 0.0638. The predicted octanol–water partition coefficient (Wildman–Crippen LogP) is 1.96. The van der Waals surface area contributed by atoms with E-state index in [4.69, 9.17) is 4.74 Å². The van der Waals surface area contributed by atoms with Crippen molar-refractivity contribution in [3.63, 3.8) is 0 Å². The molecule has 0 fully saturated rings. The zero-order valence-corrected chi connectivity index (χ0v) is 8.50. The molecular weight excluding hydrogens is 164 g/mol. The Labute approximate surface area is 78.7 Å². The summed E-state index contributed by atoms with van der Waals surface area (Å²) in [5.41, 5.74) is 1.31. The summed E-state index contributed by atoms with van der Waals surface area (Å²) < 4.78 is 7.59. The van der Waals surface area contributed by atoms with Gasteiger partial charge in [-0.15, -0.1) is 0 Å². The van der Waals surface area contributed by atoms with Crippen molar-refractivity contribution in [1.82, 2.24) is 9.78 Å². The standard InChI is InChI=1S/C10H16N2O/c1-10(2,3)12-8-5-4-6-13-9(8)7-11-12/h7H,4-6H2,1-3H3. The van der Waals surface area contributed by atoms with E-state index in [1.54, 1.807) is 0 Å². The largest absolute Gasteiger partial charge is 0.490 e. The van der Waals surface area contributed by atoms with Gasteiger partial charge in [-0.2, -0.15) is 5.10 Å². The van der Waals surface area contributed by atoms with Gasteiger partial charge in [-0.25, -0.2) is 0 Å². The molecule has 2 rings (SSSR count). The third-order valence-electron chi connectivity index (χ3n) is 2.28. The molecule has 0 bridgehead atoms. The summed E-state index contributed by atoms with van der Waals surface area (Å²) in [6, 6.07) is 0. The third kappa shape index (κ3) is 1.43. The number of aromatic nitrogens is 2. The summed E-state index contributed by atoms with van der Waals surface area (Å²) in [6.07, 6.45) is 4.03. The van der Waals surface area contributed by atoms with Crippen LogP contribution in [0, 0.1) is 0 Å². The molecule has 13 heavy (non-hydrogen) atoms. The number of hydrogen-bond donors (Lipinski definition) is 0. The van der Waals surface area contributed by atoms with Crippen LogP contribution >= 0.6 is 0 Å². The molecule has 1 aromatic heterocycles. The maximum atomic E-state index is 5.52. The van der Waals surface area contributed by atoms with Crippen LogP contribution in [0.25, 0.3) is 0 Å². The zero-order valence-electron chi connectivity index (χ0n) is 8.50. The highest BCUT2D eigenvalue weighted by atomic mass is 16.5. The van der Waals surface area contributed by atoms with Crippen LogP contribution in [-0.2, 0) is 12.0 Å². The quantitative estimate of drug-likeness (QED) is 0.610. The SMILES string of the molecule is CC(C)(C)n1ncc2c1CCCO2. The summed E-state index contributed by atoms with van der Waals surface area (Å²) in [7, 11) is 0. The van der Waals surface area contributed by atoms with Gasteiger partial charge in [0.05, 0.1) is 24.0 Å². The lowest BCUT2D eigenvalue weighted by atomic mass is 10.1. The molecule has 1 aliphatic rings. The molecule has 0 aromatic carbocycles. The number of ether oxygens (including phenoxy) is 1. The van der Waals surface area contributed by atoms with Gasteiger partial charge >= 0.3 is 0 Å². The lowest BCUT2D eigenvalue weighted by Crippen LogP contribution is -2.26. The molecule has 3 heteroatoms. The molecule has 2 heterocycles. The van der Waals surface area contributed by atoms with E-state index in [0.29, 0.717) is 0 Å². The average Bonchev–Trinajstić information content (AvgIpc) is 2.45. The van der Waals surface area contributed by atoms with E-state index in [0.717, 1.165) is 25.2 Å². The van der Waals surface area contributed by atoms with E-state index < -0.39 is 0 Å². The second-order valence-electron chi connectivity index (χ2n) is 4.49. The normalized spacial score (nSPS) is 16.5. The zero-order chi connectivity index (χ0) is 9.47. The fourth-order valence-corrected chi connectivity index (χ4v) is 1.71. The molecular formula is C10H16N2O. The molecule has 0 spiro atoms. The molecule has 0 saturated carbocycles. The van der Waals surface area contributed by atoms with Gasteiger partial charge in [-0.1, -0.05) is 0 Å². The van der Waals surface area contributed by atoms with E-state index in [1.807, 2.05) is 6.20 Å². The van der Waals surface area contributed by atoms with Crippen LogP contribution in [-0.4, -0.2) is 16.4 Å². The maximum absolute atomic E-state index is 5.52. The van der Waals surface area contributed by atoms with Crippen LogP contribution < -0.4 is 4.74 Å². The second kappa shape index (κ2) is 2.76. The minimum Gasteiger partial charge on any atom is -0.490 e. The molecule has 0 unspecified atom stereocenters. The Kier molecular flexibility index (Phi) is 1.82. The lowest BCUT2D eigenvalue weighted by Gasteiger charge is -2.24. The highest BCUT2D eigenvalue weighted by molar-refractivity contribution is 5.27. The molecule has 0 saturated heterocycles. The summed E-state index contributed by atoms with van der Waals surface area (Å²) in [4.78, 5) is 0. The first-order valence-corrected chi connectivity index (χ1v) is 4.79. The molecule has 0 aliphatic carbocycles. The van der Waals surface area contributed by atoms with Gasteiger partial charge in [0.15, 0.2) is 5.75 Å². The van der Waals surface area contributed by atoms with Gasteiger partial charge in [-0.05, 0) is 33.6 Å². The number of rotatable bonds is 0. The fourth-order valence-electron chi connectivity index (χ4n) is 1.71. The van der Waals surface area contributed by atoms with Crippen LogP contribution in [0.2, 0.25) is 0 Å². The molecule has 0 N–H and O–H groups in total. The van der Waals surface area contributed by atoms with Crippen LogP contribution in [0.4, 0.5) is 0 Å². The Morgan fingerprint density at radius 3 is 2.92 bits per heavy atom. The molecule has 0 radical (unpaired) electrons. The number of fused-ring (bicyclic) bond motifs is 1. The summed E-state index contributed by atoms with van der Waals surface area (Å²) in [5.74, 6) is 0.973. The molecule has 1 aromatic rings. The van der Waals surface area contributed by atoms with Crippen LogP contribution in [0.3, 0.4) is 0 Å². The van der Waals surface area contributed by atoms with Gasteiger partial charge in [0, 0.05) is 0 Å². The number of nitrogens with zero attached hydrogens (tertiary/aromatic N) is 2. The van der Waals surface area contributed by atoms with Crippen molar-refractivity contribution in [2.45, 2.75) is 39.2 Å². The predicted molar refractivity (Wildman–Crippen MR) is 51.0 cm³/mol. The van der Waals surface area contributed by atoms with Crippen molar-refractivity contribution >= 4 is 0 Å². The van der Waals surface area contributed by atoms with E-state index in [9.17, 15) is 0 Å². The first-order chi connectivity index (χ1) is 6.09. The summed E-state index contributed by atoms with van der Waals surface area (Å²) >= 11 is 0. The molecule has 72 valence electrons. The topological polar surface area (TPSA) is 27.1 Å². The highest BCUT2D eigenvalue weighted by Gasteiger charge is 2.23. The third-order valence-corrected chi connectivity index (χ3v) is 2.28. The molecule has 1 aliphatic heterocycles. The Morgan fingerprint density at radius 1 is 1.46 bits per heavy atom. The summed E-state index contributed by atoms with van der Waals surface area (Å²) in [5, 5.41) is 4.36. The Bertz CT molecular complexity index is 309. The molecule has 0 atom stereocenters. The second-order valence-corrected chi connectivity index (χ2v) is 4.49. The Balaban J connectivity index is 2.43. The first kappa shape index (κ1) is 8.60. The van der Waals surface area contributed by atoms with Gasteiger partial charge < -0.3 is 4.74 Å². The van der Waals surface area contributed by atoms with E-state index in [-0.39, 0.29) is 5.54 Å². The van der Waals surface area contributed by atoms with E-state index in [1.165, 1.54) is 5.69 Å². The van der Waals surface area contributed by atoms with Gasteiger partial charge in [0.25, 0.3) is 0 Å². The summed E-state index contributed by atoms with van der Waals surface area (Å²) in [6.45, 7) is 7.32. The van der Waals surface area contributed by atoms with E-state index in [2.05, 4.69) is 30.6 Å².